The normalized spacial score (nSPS) is 24.3. The average molecular weight is 291 g/mol. The van der Waals surface area contributed by atoms with E-state index in [1.165, 1.54) is 17.0 Å². The minimum Gasteiger partial charge on any atom is -0.616 e. The van der Waals surface area contributed by atoms with Gasteiger partial charge in [0.05, 0.1) is 12.1 Å². The summed E-state index contributed by atoms with van der Waals surface area (Å²) in [6.07, 6.45) is -3.73. The standard InChI is InChI=1S/C12H12F3NO2S/c13-12(14,15)10-3-1-9(2-4-10)11-7-19(18)6-5-16(11)8-17/h1-4,8,11H,5-7H2/t11-,19?/m1/s1. The van der Waals surface area contributed by atoms with Crippen molar-refractivity contribution in [1.82, 2.24) is 4.90 Å². The summed E-state index contributed by atoms with van der Waals surface area (Å²) >= 11 is -1.04. The lowest BCUT2D eigenvalue weighted by Crippen LogP contribution is -2.42. The zero-order valence-corrected chi connectivity index (χ0v) is 10.7. The molecule has 1 unspecified atom stereocenters. The molecule has 19 heavy (non-hydrogen) atoms. The molecule has 1 fully saturated rings. The van der Waals surface area contributed by atoms with Crippen LogP contribution in [-0.4, -0.2) is 33.9 Å². The fraction of sp³-hybridized carbons (Fsp3) is 0.417. The van der Waals surface area contributed by atoms with E-state index in [9.17, 15) is 22.5 Å². The minimum absolute atomic E-state index is 0.268. The van der Waals surface area contributed by atoms with E-state index < -0.39 is 29.0 Å². The number of carbonyl (C=O) groups is 1. The lowest BCUT2D eigenvalue weighted by Gasteiger charge is -2.33. The number of carbonyl (C=O) groups excluding carboxylic acids is 1. The molecule has 0 N–H and O–H groups in total. The van der Waals surface area contributed by atoms with Crippen LogP contribution in [0.2, 0.25) is 0 Å². The summed E-state index contributed by atoms with van der Waals surface area (Å²) < 4.78 is 48.9. The van der Waals surface area contributed by atoms with Gasteiger partial charge in [0.2, 0.25) is 6.41 Å². The molecule has 1 aliphatic rings. The Hall–Kier alpha value is -1.21. The Kier molecular flexibility index (Phi) is 4.05. The van der Waals surface area contributed by atoms with Crippen LogP contribution in [0.1, 0.15) is 17.2 Å². The summed E-state index contributed by atoms with van der Waals surface area (Å²) in [6.45, 7) is 0.363. The van der Waals surface area contributed by atoms with Crippen molar-refractivity contribution in [2.45, 2.75) is 12.2 Å². The highest BCUT2D eigenvalue weighted by atomic mass is 32.2. The van der Waals surface area contributed by atoms with Gasteiger partial charge in [-0.05, 0) is 28.9 Å². The van der Waals surface area contributed by atoms with Gasteiger partial charge in [0.1, 0.15) is 17.5 Å². The van der Waals surface area contributed by atoms with E-state index in [4.69, 9.17) is 0 Å². The van der Waals surface area contributed by atoms with E-state index in [2.05, 4.69) is 0 Å². The molecule has 7 heteroatoms. The quantitative estimate of drug-likeness (QED) is 0.617. The summed E-state index contributed by atoms with van der Waals surface area (Å²) in [5.41, 5.74) is -0.154. The first-order valence-corrected chi connectivity index (χ1v) is 7.14. The van der Waals surface area contributed by atoms with Crippen molar-refractivity contribution in [2.75, 3.05) is 18.1 Å². The first-order valence-electron chi connectivity index (χ1n) is 5.65. The number of benzene rings is 1. The molecule has 0 radical (unpaired) electrons. The summed E-state index contributed by atoms with van der Waals surface area (Å²) in [6, 6.07) is 4.24. The number of hydrogen-bond donors (Lipinski definition) is 0. The Morgan fingerprint density at radius 3 is 2.47 bits per heavy atom. The molecule has 0 aliphatic carbocycles. The number of halogens is 3. The van der Waals surface area contributed by atoms with E-state index >= 15 is 0 Å². The average Bonchev–Trinajstić information content (AvgIpc) is 2.38. The van der Waals surface area contributed by atoms with E-state index in [0.717, 1.165) is 12.1 Å². The van der Waals surface area contributed by atoms with Crippen molar-refractivity contribution in [1.29, 1.82) is 0 Å². The van der Waals surface area contributed by atoms with Gasteiger partial charge in [-0.15, -0.1) is 0 Å². The zero-order valence-electron chi connectivity index (χ0n) is 9.89. The van der Waals surface area contributed by atoms with Gasteiger partial charge in [-0.3, -0.25) is 4.79 Å². The first kappa shape index (κ1) is 14.2. The summed E-state index contributed by atoms with van der Waals surface area (Å²) in [7, 11) is 0. The Bertz CT molecular complexity index is 449. The van der Waals surface area contributed by atoms with Crippen LogP contribution >= 0.6 is 0 Å². The molecule has 1 aliphatic heterocycles. The SMILES string of the molecule is O=CN1CC[S+]([O-])C[C@@H]1c1ccc(C(F)(F)F)cc1. The maximum absolute atomic E-state index is 12.5. The highest BCUT2D eigenvalue weighted by molar-refractivity contribution is 7.91. The smallest absolute Gasteiger partial charge is 0.416 e. The van der Waals surface area contributed by atoms with E-state index in [-0.39, 0.29) is 5.75 Å². The van der Waals surface area contributed by atoms with Crippen molar-refractivity contribution in [2.24, 2.45) is 0 Å². The van der Waals surface area contributed by atoms with Crippen molar-refractivity contribution in [3.63, 3.8) is 0 Å². The predicted molar refractivity (Wildman–Crippen MR) is 64.8 cm³/mol. The van der Waals surface area contributed by atoms with Gasteiger partial charge in [0, 0.05) is 0 Å². The summed E-state index contributed by atoms with van der Waals surface area (Å²) in [5.74, 6) is 0.681. The molecule has 2 rings (SSSR count). The lowest BCUT2D eigenvalue weighted by molar-refractivity contribution is -0.137. The maximum atomic E-state index is 12.5. The van der Waals surface area contributed by atoms with Gasteiger partial charge in [0.25, 0.3) is 0 Å². The third-order valence-electron chi connectivity index (χ3n) is 3.08. The molecule has 104 valence electrons. The van der Waals surface area contributed by atoms with Gasteiger partial charge in [0.15, 0.2) is 0 Å². The molecule has 1 heterocycles. The number of nitrogens with zero attached hydrogens (tertiary/aromatic N) is 1. The van der Waals surface area contributed by atoms with Crippen molar-refractivity contribution in [3.8, 4) is 0 Å². The first-order chi connectivity index (χ1) is 8.91. The molecule has 1 amide bonds. The van der Waals surface area contributed by atoms with Crippen LogP contribution < -0.4 is 0 Å². The largest absolute Gasteiger partial charge is 0.616 e. The predicted octanol–water partition coefficient (Wildman–Crippen LogP) is 1.97. The van der Waals surface area contributed by atoms with Crippen LogP contribution in [0.3, 0.4) is 0 Å². The molecule has 1 aromatic rings. The fourth-order valence-electron chi connectivity index (χ4n) is 2.03. The maximum Gasteiger partial charge on any atom is 0.416 e. The number of alkyl halides is 3. The van der Waals surface area contributed by atoms with Gasteiger partial charge < -0.3 is 9.45 Å². The molecule has 2 atom stereocenters. The highest BCUT2D eigenvalue weighted by Gasteiger charge is 2.33. The van der Waals surface area contributed by atoms with Gasteiger partial charge in [-0.1, -0.05) is 12.1 Å². The van der Waals surface area contributed by atoms with Crippen LogP contribution in [0.4, 0.5) is 13.2 Å². The third kappa shape index (κ3) is 3.22. The van der Waals surface area contributed by atoms with E-state index in [1.54, 1.807) is 0 Å². The van der Waals surface area contributed by atoms with E-state index in [0.29, 0.717) is 24.3 Å². The topological polar surface area (TPSA) is 43.4 Å². The number of amides is 1. The second-order valence-electron chi connectivity index (χ2n) is 4.29. The monoisotopic (exact) mass is 291 g/mol. The highest BCUT2D eigenvalue weighted by Crippen LogP contribution is 2.31. The van der Waals surface area contributed by atoms with Crippen LogP contribution in [0.15, 0.2) is 24.3 Å². The second kappa shape index (κ2) is 5.42. The van der Waals surface area contributed by atoms with Crippen LogP contribution in [0.25, 0.3) is 0 Å². The van der Waals surface area contributed by atoms with Crippen molar-refractivity contribution in [3.05, 3.63) is 35.4 Å². The molecule has 1 aromatic carbocycles. The van der Waals surface area contributed by atoms with Gasteiger partial charge in [-0.25, -0.2) is 0 Å². The fourth-order valence-corrected chi connectivity index (χ4v) is 3.34. The van der Waals surface area contributed by atoms with Crippen LogP contribution in [-0.2, 0) is 22.1 Å². The lowest BCUT2D eigenvalue weighted by atomic mass is 10.0. The number of hydrogen-bond acceptors (Lipinski definition) is 2. The molecular weight excluding hydrogens is 279 g/mol. The van der Waals surface area contributed by atoms with Crippen LogP contribution in [0, 0.1) is 0 Å². The van der Waals surface area contributed by atoms with Crippen molar-refractivity contribution < 1.29 is 22.5 Å². The number of rotatable bonds is 2. The van der Waals surface area contributed by atoms with Crippen LogP contribution in [0.5, 0.6) is 0 Å². The summed E-state index contributed by atoms with van der Waals surface area (Å²) in [5, 5.41) is 0. The van der Waals surface area contributed by atoms with Gasteiger partial charge in [-0.2, -0.15) is 13.2 Å². The minimum atomic E-state index is -4.38. The summed E-state index contributed by atoms with van der Waals surface area (Å²) in [4.78, 5) is 12.4. The Morgan fingerprint density at radius 2 is 1.95 bits per heavy atom. The molecule has 3 nitrogen and oxygen atoms in total. The Morgan fingerprint density at radius 1 is 1.32 bits per heavy atom. The molecule has 0 spiro atoms. The van der Waals surface area contributed by atoms with Crippen molar-refractivity contribution >= 4 is 17.6 Å². The third-order valence-corrected chi connectivity index (χ3v) is 4.40. The van der Waals surface area contributed by atoms with Gasteiger partial charge >= 0.3 is 6.18 Å². The molecule has 0 bridgehead atoms. The molecular formula is C12H12F3NO2S. The Balaban J connectivity index is 2.22. The second-order valence-corrected chi connectivity index (χ2v) is 5.91. The molecule has 0 aromatic heterocycles. The zero-order chi connectivity index (χ0) is 14.0. The van der Waals surface area contributed by atoms with E-state index in [1.807, 2.05) is 0 Å². The Labute approximate surface area is 111 Å². The molecule has 0 saturated carbocycles. The molecule has 1 saturated heterocycles.